The van der Waals surface area contributed by atoms with E-state index in [1.165, 1.54) is 148 Å². The molecule has 0 amide bonds. The van der Waals surface area contributed by atoms with Gasteiger partial charge < -0.3 is 36.3 Å². The van der Waals surface area contributed by atoms with Gasteiger partial charge in [0.1, 0.15) is 0 Å². The summed E-state index contributed by atoms with van der Waals surface area (Å²) in [4.78, 5) is 2.86. The molecule has 56 heavy (non-hydrogen) atoms. The van der Waals surface area contributed by atoms with Crippen LogP contribution in [-0.2, 0) is 14.2 Å². The first-order valence-corrected chi connectivity index (χ1v) is 25.0. The summed E-state index contributed by atoms with van der Waals surface area (Å²) in [5.74, 6) is 3.91. The highest BCUT2D eigenvalue weighted by atomic mass is 16.5. The molecule has 0 aliphatic heterocycles. The molecule has 6 N–H and O–H groups in total. The predicted molar refractivity (Wildman–Crippen MR) is 238 cm³/mol. The molecular weight excluding hydrogens is 693 g/mol. The Bertz CT molecular complexity index is 1000. The minimum Gasteiger partial charge on any atom is -0.378 e. The van der Waals surface area contributed by atoms with Crippen LogP contribution in [0.4, 0.5) is 0 Å². The topological polar surface area (TPSA) is 109 Å². The van der Waals surface area contributed by atoms with Gasteiger partial charge in [-0.3, -0.25) is 0 Å². The second-order valence-corrected chi connectivity index (χ2v) is 20.0. The van der Waals surface area contributed by atoms with Crippen molar-refractivity contribution >= 4 is 0 Å². The fourth-order valence-electron chi connectivity index (χ4n) is 13.0. The van der Waals surface area contributed by atoms with Crippen LogP contribution in [0, 0.1) is 46.3 Å². The third-order valence-corrected chi connectivity index (χ3v) is 16.3. The van der Waals surface area contributed by atoms with E-state index in [1.54, 1.807) is 0 Å². The summed E-state index contributed by atoms with van der Waals surface area (Å²) in [6.45, 7) is 21.0. The maximum absolute atomic E-state index is 7.13. The van der Waals surface area contributed by atoms with Gasteiger partial charge in [-0.1, -0.05) is 98.8 Å². The van der Waals surface area contributed by atoms with Gasteiger partial charge in [-0.2, -0.15) is 0 Å². The molecule has 0 spiro atoms. The third kappa shape index (κ3) is 13.4. The first-order valence-electron chi connectivity index (χ1n) is 25.0. The van der Waals surface area contributed by atoms with Gasteiger partial charge in [-0.05, 0) is 170 Å². The molecule has 0 aromatic heterocycles. The van der Waals surface area contributed by atoms with Crippen LogP contribution in [0.5, 0.6) is 0 Å². The van der Waals surface area contributed by atoms with Crippen molar-refractivity contribution in [2.24, 2.45) is 63.5 Å². The molecule has 0 saturated heterocycles. The standard InChI is InChI=1S/C49H96N4O3/c1-6-8-10-12-14-16-30-53(31-17-15-13-11-9-7-2)32-18-22-39(3)42-23-24-43-47-44(38-46(49(42,43)5)56-35-21-29-52)48(4)26-25-41(54-33-19-27-50)36-40(48)37-45(47)55-34-20-28-51/h39-47H,6-38,50-52H2,1-5H3/t39-,40+,41-,42-,43+,44+,45-,46+,47+,48+,49-/m1/s1. The molecule has 0 radical (unpaired) electrons. The summed E-state index contributed by atoms with van der Waals surface area (Å²) in [5, 5.41) is 0. The lowest BCUT2D eigenvalue weighted by molar-refractivity contribution is -0.227. The first-order chi connectivity index (χ1) is 27.3. The molecule has 0 unspecified atom stereocenters. The zero-order chi connectivity index (χ0) is 40.2. The maximum Gasteiger partial charge on any atom is 0.0637 e. The average molecular weight is 789 g/mol. The minimum absolute atomic E-state index is 0.174. The summed E-state index contributed by atoms with van der Waals surface area (Å²) in [6.07, 6.45) is 31.8. The van der Waals surface area contributed by atoms with Crippen LogP contribution in [0.15, 0.2) is 0 Å². The van der Waals surface area contributed by atoms with Crippen molar-refractivity contribution in [3.8, 4) is 0 Å². The smallest absolute Gasteiger partial charge is 0.0637 e. The summed E-state index contributed by atoms with van der Waals surface area (Å²) < 4.78 is 20.6. The molecular formula is C49H96N4O3. The van der Waals surface area contributed by atoms with Gasteiger partial charge in [-0.15, -0.1) is 0 Å². The summed E-state index contributed by atoms with van der Waals surface area (Å²) in [6, 6.07) is 0. The highest BCUT2D eigenvalue weighted by Crippen LogP contribution is 2.69. The Morgan fingerprint density at radius 1 is 0.607 bits per heavy atom. The molecule has 0 aromatic carbocycles. The van der Waals surface area contributed by atoms with Crippen LogP contribution < -0.4 is 17.2 Å². The van der Waals surface area contributed by atoms with Crippen LogP contribution in [-0.4, -0.2) is 82.3 Å². The molecule has 4 aliphatic rings. The van der Waals surface area contributed by atoms with Gasteiger partial charge in [0.2, 0.25) is 0 Å². The third-order valence-electron chi connectivity index (χ3n) is 16.3. The van der Waals surface area contributed by atoms with Gasteiger partial charge in [-0.25, -0.2) is 0 Å². The van der Waals surface area contributed by atoms with Gasteiger partial charge in [0, 0.05) is 25.2 Å². The van der Waals surface area contributed by atoms with Gasteiger partial charge >= 0.3 is 0 Å². The van der Waals surface area contributed by atoms with Crippen LogP contribution in [0.3, 0.4) is 0 Å². The highest BCUT2D eigenvalue weighted by Gasteiger charge is 2.66. The number of fused-ring (bicyclic) bond motifs is 5. The van der Waals surface area contributed by atoms with Crippen LogP contribution >= 0.6 is 0 Å². The number of ether oxygens (including phenoxy) is 3. The fourth-order valence-corrected chi connectivity index (χ4v) is 13.0. The predicted octanol–water partition coefficient (Wildman–Crippen LogP) is 10.5. The molecule has 11 atom stereocenters. The van der Waals surface area contributed by atoms with Crippen LogP contribution in [0.2, 0.25) is 0 Å². The van der Waals surface area contributed by atoms with E-state index in [1.807, 2.05) is 0 Å². The van der Waals surface area contributed by atoms with Gasteiger partial charge in [0.25, 0.3) is 0 Å². The summed E-state index contributed by atoms with van der Waals surface area (Å²) in [7, 11) is 0. The normalized spacial score (nSPS) is 33.4. The monoisotopic (exact) mass is 789 g/mol. The van der Waals surface area contributed by atoms with Crippen molar-refractivity contribution in [3.05, 3.63) is 0 Å². The molecule has 330 valence electrons. The van der Waals surface area contributed by atoms with E-state index in [4.69, 9.17) is 31.4 Å². The number of hydrogen-bond donors (Lipinski definition) is 3. The van der Waals surface area contributed by atoms with Crippen molar-refractivity contribution in [2.75, 3.05) is 59.1 Å². The molecule has 0 heterocycles. The Kier molecular flexibility index (Phi) is 22.6. The molecule has 4 aliphatic carbocycles. The molecule has 0 bridgehead atoms. The average Bonchev–Trinajstić information content (AvgIpc) is 3.56. The molecule has 7 heteroatoms. The first kappa shape index (κ1) is 48.4. The van der Waals surface area contributed by atoms with E-state index in [2.05, 4.69) is 39.5 Å². The Labute approximate surface area is 347 Å². The molecule has 4 fully saturated rings. The van der Waals surface area contributed by atoms with Crippen LogP contribution in [0.1, 0.15) is 189 Å². The lowest BCUT2D eigenvalue weighted by atomic mass is 9.43. The molecule has 0 aromatic rings. The van der Waals surface area contributed by atoms with E-state index in [0.29, 0.717) is 78.9 Å². The molecule has 4 saturated carbocycles. The Morgan fingerprint density at radius 2 is 1.18 bits per heavy atom. The fraction of sp³-hybridized carbons (Fsp3) is 1.00. The summed E-state index contributed by atoms with van der Waals surface area (Å²) in [5.41, 5.74) is 18.4. The highest BCUT2D eigenvalue weighted by molar-refractivity contribution is 5.15. The Balaban J connectivity index is 1.47. The van der Waals surface area contributed by atoms with Gasteiger partial charge in [0.15, 0.2) is 0 Å². The lowest BCUT2D eigenvalue weighted by Crippen LogP contribution is -2.63. The van der Waals surface area contributed by atoms with E-state index in [-0.39, 0.29) is 5.41 Å². The van der Waals surface area contributed by atoms with E-state index < -0.39 is 0 Å². The lowest BCUT2D eigenvalue weighted by Gasteiger charge is -2.65. The largest absolute Gasteiger partial charge is 0.378 e. The Hall–Kier alpha value is -0.280. The number of rotatable bonds is 31. The van der Waals surface area contributed by atoms with Gasteiger partial charge in [0.05, 0.1) is 18.3 Å². The summed E-state index contributed by atoms with van der Waals surface area (Å²) >= 11 is 0. The van der Waals surface area contributed by atoms with Crippen molar-refractivity contribution in [1.29, 1.82) is 0 Å². The number of unbranched alkanes of at least 4 members (excludes halogenated alkanes) is 10. The molecule has 7 nitrogen and oxygen atoms in total. The Morgan fingerprint density at radius 3 is 1.80 bits per heavy atom. The zero-order valence-corrected chi connectivity index (χ0v) is 37.9. The van der Waals surface area contributed by atoms with Crippen molar-refractivity contribution in [3.63, 3.8) is 0 Å². The van der Waals surface area contributed by atoms with E-state index >= 15 is 0 Å². The quantitative estimate of drug-likeness (QED) is 0.0600. The number of nitrogens with zero attached hydrogens (tertiary/aromatic N) is 1. The second-order valence-electron chi connectivity index (χ2n) is 20.0. The number of nitrogens with two attached hydrogens (primary N) is 3. The van der Waals surface area contributed by atoms with E-state index in [9.17, 15) is 0 Å². The number of hydrogen-bond acceptors (Lipinski definition) is 7. The second kappa shape index (κ2) is 26.1. The van der Waals surface area contributed by atoms with Crippen molar-refractivity contribution < 1.29 is 14.2 Å². The van der Waals surface area contributed by atoms with Crippen LogP contribution in [0.25, 0.3) is 0 Å². The maximum atomic E-state index is 7.13. The van der Waals surface area contributed by atoms with Crippen molar-refractivity contribution in [2.45, 2.75) is 207 Å². The van der Waals surface area contributed by atoms with E-state index in [0.717, 1.165) is 45.5 Å². The minimum atomic E-state index is 0.174. The molecule has 4 rings (SSSR count). The van der Waals surface area contributed by atoms with Crippen molar-refractivity contribution in [1.82, 2.24) is 4.90 Å². The SMILES string of the molecule is CCCCCCCCN(CCCCCCCC)CCC[C@@H](C)[C@H]1CC[C@H]2[C@@H]3[C@H](OCCCN)C[C@@H]4C[C@H](OCCCN)CC[C@]4(C)[C@H]3C[C@H](OCCCN)[C@]12C. The zero-order valence-electron chi connectivity index (χ0n) is 37.9.